The van der Waals surface area contributed by atoms with E-state index in [1.807, 2.05) is 0 Å². The lowest BCUT2D eigenvalue weighted by molar-refractivity contribution is -0.148. The van der Waals surface area contributed by atoms with Crippen LogP contribution in [0.5, 0.6) is 0 Å². The van der Waals surface area contributed by atoms with E-state index in [2.05, 4.69) is 5.32 Å². The van der Waals surface area contributed by atoms with E-state index in [9.17, 15) is 14.4 Å². The van der Waals surface area contributed by atoms with Gasteiger partial charge in [-0.2, -0.15) is 0 Å². The van der Waals surface area contributed by atoms with Crippen molar-refractivity contribution in [3.63, 3.8) is 0 Å². The largest absolute Gasteiger partial charge is 0.396 e. The summed E-state index contributed by atoms with van der Waals surface area (Å²) in [5.41, 5.74) is 0. The van der Waals surface area contributed by atoms with Crippen molar-refractivity contribution in [1.29, 1.82) is 0 Å². The van der Waals surface area contributed by atoms with Crippen molar-refractivity contribution in [3.8, 4) is 0 Å². The third-order valence-electron chi connectivity index (χ3n) is 4.61. The van der Waals surface area contributed by atoms with Crippen LogP contribution in [-0.4, -0.2) is 71.5 Å². The van der Waals surface area contributed by atoms with Gasteiger partial charge in [-0.05, 0) is 38.5 Å². The summed E-state index contributed by atoms with van der Waals surface area (Å²) in [5.74, 6) is -0.907. The van der Waals surface area contributed by atoms with Gasteiger partial charge in [-0.15, -0.1) is 0 Å². The molecule has 0 aromatic heterocycles. The normalized spacial score (nSPS) is 21.6. The smallest absolute Gasteiger partial charge is 0.312 e. The van der Waals surface area contributed by atoms with Gasteiger partial charge in [0.25, 0.3) is 0 Å². The fourth-order valence-corrected chi connectivity index (χ4v) is 3.34. The Bertz CT molecular complexity index is 439. The van der Waals surface area contributed by atoms with E-state index in [4.69, 9.17) is 5.11 Å². The van der Waals surface area contributed by atoms with E-state index < -0.39 is 11.8 Å². The minimum absolute atomic E-state index is 0.0277. The van der Waals surface area contributed by atoms with Gasteiger partial charge in [-0.25, -0.2) is 0 Å². The first-order valence-corrected chi connectivity index (χ1v) is 8.61. The summed E-state index contributed by atoms with van der Waals surface area (Å²) < 4.78 is 0. The summed E-state index contributed by atoms with van der Waals surface area (Å²) in [7, 11) is 0. The van der Waals surface area contributed by atoms with Crippen LogP contribution in [0.25, 0.3) is 0 Å². The number of nitrogens with zero attached hydrogens (tertiary/aromatic N) is 2. The van der Waals surface area contributed by atoms with Gasteiger partial charge >= 0.3 is 11.8 Å². The number of nitrogens with one attached hydrogen (secondary N) is 1. The van der Waals surface area contributed by atoms with Gasteiger partial charge in [0.05, 0.1) is 0 Å². The molecule has 2 saturated heterocycles. The van der Waals surface area contributed by atoms with E-state index in [-0.39, 0.29) is 18.6 Å². The maximum Gasteiger partial charge on any atom is 0.312 e. The van der Waals surface area contributed by atoms with E-state index in [1.165, 1.54) is 0 Å². The summed E-state index contributed by atoms with van der Waals surface area (Å²) in [4.78, 5) is 39.1. The van der Waals surface area contributed by atoms with E-state index in [0.29, 0.717) is 38.9 Å². The van der Waals surface area contributed by atoms with Crippen molar-refractivity contribution in [2.24, 2.45) is 0 Å². The van der Waals surface area contributed by atoms with Crippen molar-refractivity contribution in [1.82, 2.24) is 15.1 Å². The predicted molar refractivity (Wildman–Crippen MR) is 84.5 cm³/mol. The minimum atomic E-state index is -0.581. The van der Waals surface area contributed by atoms with E-state index in [0.717, 1.165) is 32.2 Å². The van der Waals surface area contributed by atoms with Gasteiger partial charge in [0.2, 0.25) is 5.91 Å². The van der Waals surface area contributed by atoms with Gasteiger partial charge in [-0.1, -0.05) is 0 Å². The number of aliphatic hydroxyl groups excluding tert-OH is 1. The zero-order chi connectivity index (χ0) is 16.7. The molecule has 0 saturated carbocycles. The lowest BCUT2D eigenvalue weighted by atomic mass is 9.99. The van der Waals surface area contributed by atoms with Crippen molar-refractivity contribution in [2.75, 3.05) is 32.8 Å². The molecule has 2 fully saturated rings. The van der Waals surface area contributed by atoms with Crippen LogP contribution >= 0.6 is 0 Å². The number of carbonyl (C=O) groups is 3. The van der Waals surface area contributed by atoms with Crippen LogP contribution in [0.4, 0.5) is 0 Å². The first kappa shape index (κ1) is 17.7. The van der Waals surface area contributed by atoms with Gasteiger partial charge in [0, 0.05) is 45.2 Å². The van der Waals surface area contributed by atoms with Crippen LogP contribution < -0.4 is 5.32 Å². The number of likely N-dealkylation sites (tertiary alicyclic amines) is 2. The lowest BCUT2D eigenvalue weighted by Crippen LogP contribution is -2.50. The standard InChI is InChI=1S/C16H27N3O4/c20-12-7-13-5-1-2-11-19(13)16(23)15(22)17-8-4-10-18-9-3-6-14(18)21/h13,20H,1-12H2,(H,17,22). The van der Waals surface area contributed by atoms with E-state index in [1.54, 1.807) is 9.80 Å². The Hall–Kier alpha value is -1.63. The molecule has 7 nitrogen and oxygen atoms in total. The fraction of sp³-hybridized carbons (Fsp3) is 0.812. The van der Waals surface area contributed by atoms with Gasteiger partial charge < -0.3 is 20.2 Å². The highest BCUT2D eigenvalue weighted by Gasteiger charge is 2.30. The fourth-order valence-electron chi connectivity index (χ4n) is 3.34. The zero-order valence-electron chi connectivity index (χ0n) is 13.6. The highest BCUT2D eigenvalue weighted by atomic mass is 16.3. The number of carbonyl (C=O) groups excluding carboxylic acids is 3. The Balaban J connectivity index is 1.71. The molecule has 0 spiro atoms. The van der Waals surface area contributed by atoms with Crippen molar-refractivity contribution in [2.45, 2.75) is 51.0 Å². The lowest BCUT2D eigenvalue weighted by Gasteiger charge is -2.35. The molecule has 3 amide bonds. The third-order valence-corrected chi connectivity index (χ3v) is 4.61. The molecule has 130 valence electrons. The van der Waals surface area contributed by atoms with Crippen LogP contribution in [0.15, 0.2) is 0 Å². The number of hydrogen-bond acceptors (Lipinski definition) is 4. The van der Waals surface area contributed by atoms with Gasteiger partial charge in [0.15, 0.2) is 0 Å². The zero-order valence-corrected chi connectivity index (χ0v) is 13.6. The first-order chi connectivity index (χ1) is 11.1. The van der Waals surface area contributed by atoms with Crippen LogP contribution in [0.3, 0.4) is 0 Å². The highest BCUT2D eigenvalue weighted by molar-refractivity contribution is 6.35. The number of piperidine rings is 1. The van der Waals surface area contributed by atoms with Crippen molar-refractivity contribution < 1.29 is 19.5 Å². The Morgan fingerprint density at radius 1 is 1.22 bits per heavy atom. The Morgan fingerprint density at radius 3 is 2.74 bits per heavy atom. The molecule has 0 aromatic rings. The predicted octanol–water partition coefficient (Wildman–Crippen LogP) is -0.121. The SMILES string of the molecule is O=C(NCCCN1CCCC1=O)C(=O)N1CCCCC1CCO. The first-order valence-electron chi connectivity index (χ1n) is 8.61. The van der Waals surface area contributed by atoms with Gasteiger partial charge in [-0.3, -0.25) is 14.4 Å². The number of hydrogen-bond donors (Lipinski definition) is 2. The quantitative estimate of drug-likeness (QED) is 0.526. The summed E-state index contributed by atoms with van der Waals surface area (Å²) in [5, 5.41) is 11.7. The van der Waals surface area contributed by atoms with Crippen molar-refractivity contribution in [3.05, 3.63) is 0 Å². The van der Waals surface area contributed by atoms with Crippen molar-refractivity contribution >= 4 is 17.7 Å². The van der Waals surface area contributed by atoms with Crippen LogP contribution in [0.2, 0.25) is 0 Å². The number of rotatable bonds is 6. The molecule has 2 heterocycles. The molecule has 2 aliphatic heterocycles. The average Bonchev–Trinajstić information content (AvgIpc) is 2.96. The summed E-state index contributed by atoms with van der Waals surface area (Å²) in [6.45, 7) is 2.43. The third kappa shape index (κ3) is 4.92. The molecule has 7 heteroatoms. The Kier molecular flexibility index (Phi) is 6.83. The second-order valence-electron chi connectivity index (χ2n) is 6.25. The summed E-state index contributed by atoms with van der Waals surface area (Å²) >= 11 is 0. The second kappa shape index (κ2) is 8.86. The minimum Gasteiger partial charge on any atom is -0.396 e. The highest BCUT2D eigenvalue weighted by Crippen LogP contribution is 2.19. The molecule has 1 unspecified atom stereocenters. The maximum absolute atomic E-state index is 12.3. The number of aliphatic hydroxyl groups is 1. The molecule has 1 atom stereocenters. The molecule has 0 radical (unpaired) electrons. The molecule has 0 aromatic carbocycles. The summed E-state index contributed by atoms with van der Waals surface area (Å²) in [6.07, 6.45) is 5.48. The Morgan fingerprint density at radius 2 is 2.04 bits per heavy atom. The summed E-state index contributed by atoms with van der Waals surface area (Å²) in [6, 6.07) is -0.0331. The molecule has 0 bridgehead atoms. The van der Waals surface area contributed by atoms with Crippen LogP contribution in [0.1, 0.15) is 44.9 Å². The maximum atomic E-state index is 12.3. The molecule has 2 rings (SSSR count). The monoisotopic (exact) mass is 325 g/mol. The van der Waals surface area contributed by atoms with Gasteiger partial charge in [0.1, 0.15) is 0 Å². The Labute approximate surface area is 137 Å². The number of amides is 3. The van der Waals surface area contributed by atoms with Crippen LogP contribution in [0, 0.1) is 0 Å². The molecule has 2 aliphatic rings. The van der Waals surface area contributed by atoms with E-state index >= 15 is 0 Å². The average molecular weight is 325 g/mol. The molecule has 2 N–H and O–H groups in total. The second-order valence-corrected chi connectivity index (χ2v) is 6.25. The molecular weight excluding hydrogens is 298 g/mol. The molecular formula is C16H27N3O4. The molecule has 23 heavy (non-hydrogen) atoms. The topological polar surface area (TPSA) is 90.0 Å². The molecule has 0 aliphatic carbocycles. The van der Waals surface area contributed by atoms with Crippen LogP contribution in [-0.2, 0) is 14.4 Å².